The van der Waals surface area contributed by atoms with Crippen molar-refractivity contribution in [3.05, 3.63) is 29.8 Å². The highest BCUT2D eigenvalue weighted by atomic mass is 32.1. The Morgan fingerprint density at radius 1 is 1.50 bits per heavy atom. The first-order chi connectivity index (χ1) is 4.86. The zero-order valence-electron chi connectivity index (χ0n) is 5.41. The molecule has 1 rings (SSSR count). The average Bonchev–Trinajstić information content (AvgIpc) is 2.05. The Kier molecular flexibility index (Phi) is 2.48. The third kappa shape index (κ3) is 1.59. The van der Waals surface area contributed by atoms with E-state index in [1.807, 2.05) is 12.1 Å². The Morgan fingerprint density at radius 3 is 2.90 bits per heavy atom. The van der Waals surface area contributed by atoms with Crippen molar-refractivity contribution in [2.45, 2.75) is 11.4 Å². The Balaban J connectivity index is 2.98. The van der Waals surface area contributed by atoms with Crippen LogP contribution in [0.15, 0.2) is 29.2 Å². The summed E-state index contributed by atoms with van der Waals surface area (Å²) < 4.78 is 10.3. The summed E-state index contributed by atoms with van der Waals surface area (Å²) in [6.45, 7) is 0.494. The van der Waals surface area contributed by atoms with Crippen molar-refractivity contribution in [1.29, 1.82) is 0 Å². The SMILES string of the molecule is NCc1cccc([S+]=O)c1. The molecule has 0 saturated carbocycles. The van der Waals surface area contributed by atoms with E-state index >= 15 is 0 Å². The summed E-state index contributed by atoms with van der Waals surface area (Å²) in [5.41, 5.74) is 6.36. The van der Waals surface area contributed by atoms with Crippen LogP contribution in [0, 0.1) is 0 Å². The first-order valence-corrected chi connectivity index (χ1v) is 3.70. The lowest BCUT2D eigenvalue weighted by Crippen LogP contribution is -1.95. The van der Waals surface area contributed by atoms with Crippen molar-refractivity contribution in [2.24, 2.45) is 5.73 Å². The number of benzene rings is 1. The number of rotatable bonds is 2. The highest BCUT2D eigenvalue weighted by molar-refractivity contribution is 7.65. The summed E-state index contributed by atoms with van der Waals surface area (Å²) in [7, 11) is 0. The maximum atomic E-state index is 10.3. The lowest BCUT2D eigenvalue weighted by molar-refractivity contribution is 0.605. The van der Waals surface area contributed by atoms with E-state index in [0.717, 1.165) is 10.5 Å². The minimum absolute atomic E-state index is 0.493. The molecule has 0 amide bonds. The van der Waals surface area contributed by atoms with E-state index in [9.17, 15) is 4.21 Å². The molecule has 1 aromatic carbocycles. The van der Waals surface area contributed by atoms with Gasteiger partial charge in [0, 0.05) is 22.9 Å². The van der Waals surface area contributed by atoms with Crippen molar-refractivity contribution >= 4 is 11.7 Å². The van der Waals surface area contributed by atoms with Gasteiger partial charge in [-0.05, 0) is 5.56 Å². The molecule has 1 aromatic rings. The predicted octanol–water partition coefficient (Wildman–Crippen LogP) is 0.932. The van der Waals surface area contributed by atoms with E-state index in [1.165, 1.54) is 0 Å². The van der Waals surface area contributed by atoms with Crippen LogP contribution in [0.5, 0.6) is 0 Å². The van der Waals surface area contributed by atoms with Gasteiger partial charge in [0.15, 0.2) is 0 Å². The molecule has 0 aliphatic heterocycles. The molecule has 10 heavy (non-hydrogen) atoms. The fraction of sp³-hybridized carbons (Fsp3) is 0.143. The summed E-state index contributed by atoms with van der Waals surface area (Å²) in [4.78, 5) is 0.725. The van der Waals surface area contributed by atoms with Gasteiger partial charge in [0.2, 0.25) is 0 Å². The van der Waals surface area contributed by atoms with Crippen molar-refractivity contribution < 1.29 is 4.21 Å². The molecular weight excluding hydrogens is 146 g/mol. The van der Waals surface area contributed by atoms with Crippen molar-refractivity contribution in [2.75, 3.05) is 0 Å². The van der Waals surface area contributed by atoms with Crippen molar-refractivity contribution in [3.8, 4) is 0 Å². The minimum atomic E-state index is 0.493. The van der Waals surface area contributed by atoms with E-state index < -0.39 is 0 Å². The van der Waals surface area contributed by atoms with Crippen LogP contribution in [0.3, 0.4) is 0 Å². The molecule has 0 unspecified atom stereocenters. The zero-order chi connectivity index (χ0) is 7.40. The van der Waals surface area contributed by atoms with Crippen LogP contribution in [-0.4, -0.2) is 0 Å². The average molecular weight is 154 g/mol. The van der Waals surface area contributed by atoms with E-state index in [4.69, 9.17) is 5.73 Å². The highest BCUT2D eigenvalue weighted by Crippen LogP contribution is 2.03. The molecule has 0 heterocycles. The van der Waals surface area contributed by atoms with Crippen LogP contribution < -0.4 is 5.73 Å². The van der Waals surface area contributed by atoms with Gasteiger partial charge in [-0.2, -0.15) is 0 Å². The lowest BCUT2D eigenvalue weighted by Gasteiger charge is -1.89. The summed E-state index contributed by atoms with van der Waals surface area (Å²) in [5, 5.41) is 0. The fourth-order valence-corrected chi connectivity index (χ4v) is 1.06. The van der Waals surface area contributed by atoms with Gasteiger partial charge in [0.1, 0.15) is 0 Å². The summed E-state index contributed by atoms with van der Waals surface area (Å²) in [5.74, 6) is 0. The largest absolute Gasteiger partial charge is 0.505 e. The molecule has 0 aromatic heterocycles. The first kappa shape index (κ1) is 7.31. The van der Waals surface area contributed by atoms with E-state index in [2.05, 4.69) is 0 Å². The van der Waals surface area contributed by atoms with Gasteiger partial charge >= 0.3 is 11.7 Å². The standard InChI is InChI=1S/C7H8NOS/c8-5-6-2-1-3-7(4-6)10-9/h1-4H,5,8H2/q+1. The molecule has 0 radical (unpaired) electrons. The van der Waals surface area contributed by atoms with Crippen LogP contribution in [0.2, 0.25) is 0 Å². The monoisotopic (exact) mass is 154 g/mol. The van der Waals surface area contributed by atoms with Gasteiger partial charge < -0.3 is 5.73 Å². The van der Waals surface area contributed by atoms with Crippen LogP contribution >= 0.6 is 0 Å². The molecule has 52 valence electrons. The Labute approximate surface area is 63.5 Å². The molecule has 0 atom stereocenters. The van der Waals surface area contributed by atoms with E-state index in [-0.39, 0.29) is 0 Å². The smallest absolute Gasteiger partial charge is 0.326 e. The second-order valence-electron chi connectivity index (χ2n) is 1.93. The number of hydrogen-bond donors (Lipinski definition) is 1. The summed E-state index contributed by atoms with van der Waals surface area (Å²) in [6, 6.07) is 7.32. The van der Waals surface area contributed by atoms with Gasteiger partial charge in [-0.15, -0.1) is 0 Å². The van der Waals surface area contributed by atoms with Crippen molar-refractivity contribution in [1.82, 2.24) is 0 Å². The molecule has 0 fully saturated rings. The van der Waals surface area contributed by atoms with Gasteiger partial charge in [0.05, 0.1) is 0 Å². The molecule has 0 bridgehead atoms. The topological polar surface area (TPSA) is 43.1 Å². The lowest BCUT2D eigenvalue weighted by atomic mass is 10.2. The van der Waals surface area contributed by atoms with Crippen LogP contribution in [0.25, 0.3) is 0 Å². The molecule has 0 spiro atoms. The molecular formula is C7H8NOS+. The quantitative estimate of drug-likeness (QED) is 0.644. The third-order valence-corrected chi connectivity index (χ3v) is 1.68. The normalized spacial score (nSPS) is 9.30. The fourth-order valence-electron chi connectivity index (χ4n) is 0.724. The van der Waals surface area contributed by atoms with E-state index in [1.54, 1.807) is 12.1 Å². The van der Waals surface area contributed by atoms with Gasteiger partial charge in [-0.25, -0.2) is 0 Å². The number of nitrogens with two attached hydrogens (primary N) is 1. The van der Waals surface area contributed by atoms with Gasteiger partial charge in [-0.1, -0.05) is 12.1 Å². The Bertz CT molecular complexity index is 237. The summed E-state index contributed by atoms with van der Waals surface area (Å²) >= 11 is 0.493. The second-order valence-corrected chi connectivity index (χ2v) is 2.57. The maximum Gasteiger partial charge on any atom is 0.505 e. The van der Waals surface area contributed by atoms with Crippen LogP contribution in [0.4, 0.5) is 0 Å². The highest BCUT2D eigenvalue weighted by Gasteiger charge is 2.04. The molecule has 0 saturated heterocycles. The van der Waals surface area contributed by atoms with Crippen LogP contribution in [-0.2, 0) is 22.4 Å². The molecule has 2 N–H and O–H groups in total. The van der Waals surface area contributed by atoms with Gasteiger partial charge in [0.25, 0.3) is 4.90 Å². The zero-order valence-corrected chi connectivity index (χ0v) is 6.23. The van der Waals surface area contributed by atoms with Crippen molar-refractivity contribution in [3.63, 3.8) is 0 Å². The summed E-state index contributed by atoms with van der Waals surface area (Å²) in [6.07, 6.45) is 0. The third-order valence-electron chi connectivity index (χ3n) is 1.23. The molecule has 0 aliphatic rings. The molecule has 2 nitrogen and oxygen atoms in total. The van der Waals surface area contributed by atoms with Gasteiger partial charge in [-0.3, -0.25) is 0 Å². The molecule has 0 aliphatic carbocycles. The predicted molar refractivity (Wildman–Crippen MR) is 40.7 cm³/mol. The minimum Gasteiger partial charge on any atom is -0.326 e. The Hall–Kier alpha value is -0.800. The van der Waals surface area contributed by atoms with E-state index in [0.29, 0.717) is 18.2 Å². The second kappa shape index (κ2) is 3.39. The maximum absolute atomic E-state index is 10.3. The first-order valence-electron chi connectivity index (χ1n) is 2.95. The molecule has 3 heteroatoms. The number of hydrogen-bond acceptors (Lipinski definition) is 2. The Morgan fingerprint density at radius 2 is 2.30 bits per heavy atom. The van der Waals surface area contributed by atoms with Crippen LogP contribution in [0.1, 0.15) is 5.56 Å².